The average Bonchev–Trinajstić information content (AvgIpc) is 2.82. The van der Waals surface area contributed by atoms with Gasteiger partial charge in [0, 0.05) is 41.5 Å². The van der Waals surface area contributed by atoms with Gasteiger partial charge >= 0.3 is 0 Å². The van der Waals surface area contributed by atoms with Crippen molar-refractivity contribution in [2.45, 2.75) is 56.3 Å². The number of aliphatic hydroxyl groups excluding tert-OH is 2. The normalized spacial score (nSPS) is 29.0. The number of phenolic OH excluding ortho intramolecular Hbond substituents is 2. The Hall–Kier alpha value is -2.86. The Balaban J connectivity index is 0.00000304. The molecule has 10 nitrogen and oxygen atoms in total. The van der Waals surface area contributed by atoms with Crippen LogP contribution in [0.25, 0.3) is 0 Å². The molecule has 1 fully saturated rings. The molecule has 0 aromatic heterocycles. The average molecular weight is 520 g/mol. The minimum Gasteiger partial charge on any atom is -0.507 e. The van der Waals surface area contributed by atoms with Gasteiger partial charge in [-0.1, -0.05) is 24.3 Å². The van der Waals surface area contributed by atoms with Gasteiger partial charge in [0.15, 0.2) is 17.9 Å². The van der Waals surface area contributed by atoms with E-state index in [4.69, 9.17) is 15.2 Å². The van der Waals surface area contributed by atoms with Crippen molar-refractivity contribution >= 4 is 29.8 Å². The fraction of sp³-hybridized carbons (Fsp3) is 0.400. The van der Waals surface area contributed by atoms with E-state index < -0.39 is 59.0 Å². The number of hydrogen-bond acceptors (Lipinski definition) is 10. The summed E-state index contributed by atoms with van der Waals surface area (Å²) in [6.45, 7) is 1.09. The van der Waals surface area contributed by atoms with Crippen LogP contribution in [0.4, 0.5) is 0 Å². The molecule has 5 rings (SSSR count). The van der Waals surface area contributed by atoms with Crippen LogP contribution in [0.15, 0.2) is 24.3 Å². The first-order valence-electron chi connectivity index (χ1n) is 11.3. The largest absolute Gasteiger partial charge is 0.507 e. The Morgan fingerprint density at radius 2 is 1.64 bits per heavy atom. The maximum Gasteiger partial charge on any atom is 0.198 e. The van der Waals surface area contributed by atoms with Gasteiger partial charge in [0.2, 0.25) is 0 Å². The monoisotopic (exact) mass is 519 g/mol. The van der Waals surface area contributed by atoms with E-state index in [2.05, 4.69) is 0 Å². The molecule has 1 saturated heterocycles. The second-order valence-corrected chi connectivity index (χ2v) is 9.39. The molecule has 36 heavy (non-hydrogen) atoms. The molecular weight excluding hydrogens is 494 g/mol. The van der Waals surface area contributed by atoms with E-state index in [-0.39, 0.29) is 71.7 Å². The molecule has 6 N–H and O–H groups in total. The summed E-state index contributed by atoms with van der Waals surface area (Å²) in [7, 11) is 0. The van der Waals surface area contributed by atoms with Crippen molar-refractivity contribution in [3.8, 4) is 11.5 Å². The molecule has 0 saturated carbocycles. The minimum absolute atomic E-state index is 0. The van der Waals surface area contributed by atoms with E-state index in [1.807, 2.05) is 0 Å². The van der Waals surface area contributed by atoms with Gasteiger partial charge in [-0.25, -0.2) is 0 Å². The van der Waals surface area contributed by atoms with E-state index in [9.17, 15) is 34.8 Å². The molecule has 1 unspecified atom stereocenters. The highest BCUT2D eigenvalue weighted by atomic mass is 35.5. The summed E-state index contributed by atoms with van der Waals surface area (Å²) in [6, 6.07) is 6.10. The van der Waals surface area contributed by atoms with E-state index in [1.165, 1.54) is 19.1 Å². The number of aliphatic hydroxyl groups is 2. The van der Waals surface area contributed by atoms with Gasteiger partial charge in [0.1, 0.15) is 23.4 Å². The van der Waals surface area contributed by atoms with Crippen LogP contribution < -0.4 is 5.73 Å². The topological polar surface area (TPSA) is 177 Å². The predicted molar refractivity (Wildman–Crippen MR) is 126 cm³/mol. The summed E-state index contributed by atoms with van der Waals surface area (Å²) < 4.78 is 11.4. The summed E-state index contributed by atoms with van der Waals surface area (Å²) in [6.07, 6.45) is -4.74. The molecule has 0 amide bonds. The van der Waals surface area contributed by atoms with Crippen molar-refractivity contribution in [3.63, 3.8) is 0 Å². The van der Waals surface area contributed by atoms with Crippen LogP contribution in [0.1, 0.15) is 68.8 Å². The van der Waals surface area contributed by atoms with Crippen LogP contribution in [0.5, 0.6) is 11.5 Å². The Morgan fingerprint density at radius 3 is 2.19 bits per heavy atom. The Morgan fingerprint density at radius 1 is 1.06 bits per heavy atom. The number of nitrogens with two attached hydrogens (primary N) is 1. The molecule has 11 heteroatoms. The van der Waals surface area contributed by atoms with E-state index in [0.717, 1.165) is 0 Å². The summed E-state index contributed by atoms with van der Waals surface area (Å²) in [5, 5.41) is 42.3. The number of ketones is 3. The summed E-state index contributed by atoms with van der Waals surface area (Å²) >= 11 is 0. The van der Waals surface area contributed by atoms with Crippen molar-refractivity contribution in [3.05, 3.63) is 57.6 Å². The smallest absolute Gasteiger partial charge is 0.198 e. The number of benzene rings is 2. The molecule has 5 atom stereocenters. The maximum absolute atomic E-state index is 13.3. The minimum atomic E-state index is -1.50. The first-order valence-corrected chi connectivity index (χ1v) is 11.3. The fourth-order valence-electron chi connectivity index (χ4n) is 5.13. The lowest BCUT2D eigenvalue weighted by atomic mass is 9.71. The van der Waals surface area contributed by atoms with E-state index >= 15 is 0 Å². The second kappa shape index (κ2) is 9.22. The van der Waals surface area contributed by atoms with Crippen molar-refractivity contribution in [2.75, 3.05) is 6.61 Å². The van der Waals surface area contributed by atoms with Crippen LogP contribution in [0.3, 0.4) is 0 Å². The van der Waals surface area contributed by atoms with Gasteiger partial charge in [-0.15, -0.1) is 12.4 Å². The molecule has 3 aliphatic rings. The second-order valence-electron chi connectivity index (χ2n) is 9.39. The molecule has 2 aromatic carbocycles. The third kappa shape index (κ3) is 3.90. The van der Waals surface area contributed by atoms with Gasteiger partial charge in [0.25, 0.3) is 0 Å². The number of rotatable bonds is 3. The Bertz CT molecular complexity index is 1280. The van der Waals surface area contributed by atoms with Crippen LogP contribution in [-0.4, -0.2) is 68.4 Å². The Kier molecular flexibility index (Phi) is 6.71. The number of aromatic hydroxyl groups is 2. The lowest BCUT2D eigenvalue weighted by Crippen LogP contribution is -2.53. The molecule has 1 heterocycles. The standard InChI is InChI=1S/C25H25NO9.ClH/c1-10(27)25(26)7-13-18(16(8-25)35-17-6-14(28)15(29)9-34-17)24(33)20-19(23(13)32)21(30)11-4-2-3-5-12(11)22(20)31;/h2-5,14-17,28-29,32-33H,6-9,26H2,1H3;1H/t14-,15+,16-,17?,25-;/m0./s1. The summed E-state index contributed by atoms with van der Waals surface area (Å²) in [5.74, 6) is -2.74. The molecule has 0 bridgehead atoms. The van der Waals surface area contributed by atoms with Gasteiger partial charge in [0.05, 0.1) is 35.5 Å². The number of hydrogen-bond donors (Lipinski definition) is 5. The zero-order chi connectivity index (χ0) is 25.2. The SMILES string of the molecule is CC(=O)[C@]1(N)Cc2c(O)c3c(c(O)c2[C@@H](OC2C[C@H](O)[C@H](O)CO2)C1)C(=O)c1ccccc1C3=O.Cl. The first kappa shape index (κ1) is 26.2. The highest BCUT2D eigenvalue weighted by Gasteiger charge is 2.48. The predicted octanol–water partition coefficient (Wildman–Crippen LogP) is 1.05. The van der Waals surface area contributed by atoms with Gasteiger partial charge in [-0.05, 0) is 6.92 Å². The van der Waals surface area contributed by atoms with Crippen molar-refractivity contribution in [1.29, 1.82) is 0 Å². The lowest BCUT2D eigenvalue weighted by molar-refractivity contribution is -0.238. The van der Waals surface area contributed by atoms with Crippen LogP contribution in [0.2, 0.25) is 0 Å². The zero-order valence-corrected chi connectivity index (χ0v) is 20.1. The van der Waals surface area contributed by atoms with Crippen molar-refractivity contribution in [1.82, 2.24) is 0 Å². The van der Waals surface area contributed by atoms with Crippen LogP contribution >= 0.6 is 12.4 Å². The van der Waals surface area contributed by atoms with E-state index in [1.54, 1.807) is 12.1 Å². The van der Waals surface area contributed by atoms with E-state index in [0.29, 0.717) is 0 Å². The zero-order valence-electron chi connectivity index (χ0n) is 19.3. The number of fused-ring (bicyclic) bond motifs is 3. The number of carbonyl (C=O) groups is 3. The molecule has 192 valence electrons. The lowest BCUT2D eigenvalue weighted by Gasteiger charge is -2.41. The highest BCUT2D eigenvalue weighted by Crippen LogP contribution is 2.51. The summed E-state index contributed by atoms with van der Waals surface area (Å²) in [4.78, 5) is 39.0. The third-order valence-electron chi connectivity index (χ3n) is 7.17. The number of halogens is 1. The van der Waals surface area contributed by atoms with Gasteiger partial charge < -0.3 is 35.6 Å². The Labute approximate surface area is 212 Å². The van der Waals surface area contributed by atoms with Crippen molar-refractivity contribution in [2.24, 2.45) is 5.73 Å². The number of phenols is 2. The number of carbonyl (C=O) groups excluding carboxylic acids is 3. The number of ether oxygens (including phenoxy) is 2. The van der Waals surface area contributed by atoms with Gasteiger partial charge in [-0.2, -0.15) is 0 Å². The first-order chi connectivity index (χ1) is 16.5. The third-order valence-corrected chi connectivity index (χ3v) is 7.17. The molecular formula is C25H26ClNO9. The highest BCUT2D eigenvalue weighted by molar-refractivity contribution is 6.30. The maximum atomic E-state index is 13.3. The fourth-order valence-corrected chi connectivity index (χ4v) is 5.13. The van der Waals surface area contributed by atoms with Crippen molar-refractivity contribution < 1.29 is 44.3 Å². The molecule has 0 radical (unpaired) electrons. The molecule has 2 aliphatic carbocycles. The van der Waals surface area contributed by atoms with Crippen LogP contribution in [-0.2, 0) is 20.7 Å². The molecule has 2 aromatic rings. The quantitative estimate of drug-likeness (QED) is 0.314. The summed E-state index contributed by atoms with van der Waals surface area (Å²) in [5.41, 5.74) is 4.47. The number of Topliss-reactive ketones (excluding diaryl/α,β-unsaturated/α-hetero) is 1. The molecule has 0 spiro atoms. The molecule has 1 aliphatic heterocycles. The van der Waals surface area contributed by atoms with Gasteiger partial charge in [-0.3, -0.25) is 14.4 Å². The van der Waals surface area contributed by atoms with Crippen LogP contribution in [0, 0.1) is 0 Å².